The molecule has 1 aromatic rings. The topological polar surface area (TPSA) is 83.6 Å². The molecule has 1 aliphatic rings. The highest BCUT2D eigenvalue weighted by Crippen LogP contribution is 2.13. The van der Waals surface area contributed by atoms with Gasteiger partial charge >= 0.3 is 5.97 Å². The summed E-state index contributed by atoms with van der Waals surface area (Å²) in [4.78, 5) is 29.8. The van der Waals surface area contributed by atoms with Gasteiger partial charge in [0, 0.05) is 49.3 Å². The van der Waals surface area contributed by atoms with Crippen molar-refractivity contribution >= 4 is 33.6 Å². The van der Waals surface area contributed by atoms with Crippen molar-refractivity contribution < 1.29 is 14.3 Å². The van der Waals surface area contributed by atoms with Crippen LogP contribution in [0.1, 0.15) is 12.8 Å². The van der Waals surface area contributed by atoms with Gasteiger partial charge in [0.05, 0.1) is 13.5 Å². The van der Waals surface area contributed by atoms with E-state index < -0.39 is 0 Å². The van der Waals surface area contributed by atoms with E-state index in [4.69, 9.17) is 4.74 Å². The number of amides is 1. The Hall–Kier alpha value is -1.51. The number of piperazine rings is 1. The lowest BCUT2D eigenvalue weighted by Gasteiger charge is -2.35. The molecule has 0 saturated carbocycles. The average molecular weight is 385 g/mol. The second-order valence-electron chi connectivity index (χ2n) is 5.33. The molecule has 126 valence electrons. The largest absolute Gasteiger partial charge is 0.469 e. The van der Waals surface area contributed by atoms with E-state index in [-0.39, 0.29) is 17.9 Å². The molecule has 23 heavy (non-hydrogen) atoms. The maximum Gasteiger partial charge on any atom is 0.307 e. The van der Waals surface area contributed by atoms with Gasteiger partial charge in [0.25, 0.3) is 0 Å². The molecule has 2 heterocycles. The van der Waals surface area contributed by atoms with Crippen LogP contribution in [0.5, 0.6) is 0 Å². The highest BCUT2D eigenvalue weighted by Gasteiger charge is 2.25. The molecular weight excluding hydrogens is 364 g/mol. The molecule has 0 aromatic carbocycles. The van der Waals surface area contributed by atoms with Crippen molar-refractivity contribution in [3.63, 3.8) is 0 Å². The molecule has 1 aliphatic heterocycles. The molecule has 1 atom stereocenters. The molecule has 1 amide bonds. The Morgan fingerprint density at radius 1 is 1.57 bits per heavy atom. The van der Waals surface area contributed by atoms with Crippen LogP contribution < -0.4 is 10.6 Å². The van der Waals surface area contributed by atoms with Gasteiger partial charge in [0.1, 0.15) is 5.82 Å². The number of carbonyl (C=O) groups excluding carboxylic acids is 2. The number of aromatic nitrogens is 1. The normalized spacial score (nSPS) is 18.4. The third-order valence-electron chi connectivity index (χ3n) is 3.72. The molecule has 8 heteroatoms. The third kappa shape index (κ3) is 5.89. The van der Waals surface area contributed by atoms with Gasteiger partial charge in [-0.2, -0.15) is 0 Å². The Bertz CT molecular complexity index is 555. The minimum absolute atomic E-state index is 0.0630. The lowest BCUT2D eigenvalue weighted by atomic mass is 10.1. The number of nitrogens with one attached hydrogen (secondary N) is 2. The summed E-state index contributed by atoms with van der Waals surface area (Å²) in [7, 11) is 1.39. The van der Waals surface area contributed by atoms with Gasteiger partial charge in [-0.15, -0.1) is 0 Å². The molecule has 1 saturated heterocycles. The standard InChI is InChI=1S/C15H21BrN4O3/c1-23-15(22)9-12-10-17-5-7-20(12)6-3-14(21)19-13-8-11(16)2-4-18-13/h2,4,8,12,17H,3,5-7,9-10H2,1H3,(H,18,19,21). The number of ether oxygens (including phenoxy) is 1. The van der Waals surface area contributed by atoms with Crippen LogP contribution >= 0.6 is 15.9 Å². The van der Waals surface area contributed by atoms with Crippen molar-refractivity contribution in [3.05, 3.63) is 22.8 Å². The van der Waals surface area contributed by atoms with Gasteiger partial charge < -0.3 is 15.4 Å². The van der Waals surface area contributed by atoms with Gasteiger partial charge in [-0.05, 0) is 12.1 Å². The summed E-state index contributed by atoms with van der Waals surface area (Å²) >= 11 is 3.34. The van der Waals surface area contributed by atoms with E-state index in [2.05, 4.69) is 36.4 Å². The van der Waals surface area contributed by atoms with E-state index >= 15 is 0 Å². The van der Waals surface area contributed by atoms with Crippen LogP contribution in [0.15, 0.2) is 22.8 Å². The SMILES string of the molecule is COC(=O)CC1CNCCN1CCC(=O)Nc1cc(Br)ccn1. The second-order valence-corrected chi connectivity index (χ2v) is 6.25. The third-order valence-corrected chi connectivity index (χ3v) is 4.21. The molecule has 2 rings (SSSR count). The predicted octanol–water partition coefficient (Wildman–Crippen LogP) is 1.01. The lowest BCUT2D eigenvalue weighted by molar-refractivity contribution is -0.142. The Kier molecular flexibility index (Phi) is 6.94. The zero-order valence-corrected chi connectivity index (χ0v) is 14.6. The average Bonchev–Trinajstić information content (AvgIpc) is 2.54. The first-order valence-corrected chi connectivity index (χ1v) is 8.31. The van der Waals surface area contributed by atoms with E-state index in [0.717, 1.165) is 24.1 Å². The Balaban J connectivity index is 1.82. The number of carbonyl (C=O) groups is 2. The van der Waals surface area contributed by atoms with E-state index in [1.54, 1.807) is 18.3 Å². The first kappa shape index (κ1) is 17.8. The second kappa shape index (κ2) is 8.95. The summed E-state index contributed by atoms with van der Waals surface area (Å²) in [5.41, 5.74) is 0. The molecule has 0 radical (unpaired) electrons. The lowest BCUT2D eigenvalue weighted by Crippen LogP contribution is -2.52. The van der Waals surface area contributed by atoms with E-state index in [1.165, 1.54) is 7.11 Å². The maximum absolute atomic E-state index is 12.1. The van der Waals surface area contributed by atoms with Crippen LogP contribution in [0.2, 0.25) is 0 Å². The number of rotatable bonds is 6. The van der Waals surface area contributed by atoms with Crippen LogP contribution in [-0.4, -0.2) is 61.1 Å². The van der Waals surface area contributed by atoms with Gasteiger partial charge in [-0.3, -0.25) is 14.5 Å². The monoisotopic (exact) mass is 384 g/mol. The fourth-order valence-electron chi connectivity index (χ4n) is 2.50. The zero-order chi connectivity index (χ0) is 16.7. The number of anilines is 1. The highest BCUT2D eigenvalue weighted by atomic mass is 79.9. The van der Waals surface area contributed by atoms with Crippen molar-refractivity contribution in [2.24, 2.45) is 0 Å². The predicted molar refractivity (Wildman–Crippen MR) is 90.0 cm³/mol. The summed E-state index contributed by atoms with van der Waals surface area (Å²) in [5.74, 6) is 0.202. The Labute approximate surface area is 143 Å². The summed E-state index contributed by atoms with van der Waals surface area (Å²) in [5, 5.41) is 6.04. The van der Waals surface area contributed by atoms with Gasteiger partial charge in [0.2, 0.25) is 5.91 Å². The number of hydrogen-bond donors (Lipinski definition) is 2. The van der Waals surface area contributed by atoms with Gasteiger partial charge in [0.15, 0.2) is 0 Å². The smallest absolute Gasteiger partial charge is 0.307 e. The summed E-state index contributed by atoms with van der Waals surface area (Å²) in [6.07, 6.45) is 2.31. The summed E-state index contributed by atoms with van der Waals surface area (Å²) in [6.45, 7) is 2.99. The van der Waals surface area contributed by atoms with E-state index in [1.807, 2.05) is 0 Å². The van der Waals surface area contributed by atoms with E-state index in [0.29, 0.717) is 25.2 Å². The maximum atomic E-state index is 12.1. The van der Waals surface area contributed by atoms with Crippen LogP contribution in [-0.2, 0) is 14.3 Å². The molecule has 1 aromatic heterocycles. The van der Waals surface area contributed by atoms with Crippen LogP contribution in [0, 0.1) is 0 Å². The number of halogens is 1. The fourth-order valence-corrected chi connectivity index (χ4v) is 2.83. The zero-order valence-electron chi connectivity index (χ0n) is 13.0. The number of esters is 1. The summed E-state index contributed by atoms with van der Waals surface area (Å²) < 4.78 is 5.60. The quantitative estimate of drug-likeness (QED) is 0.712. The van der Waals surface area contributed by atoms with Crippen molar-refractivity contribution in [1.29, 1.82) is 0 Å². The first-order chi connectivity index (χ1) is 11.1. The first-order valence-electron chi connectivity index (χ1n) is 7.51. The number of methoxy groups -OCH3 is 1. The van der Waals surface area contributed by atoms with Gasteiger partial charge in [-0.25, -0.2) is 4.98 Å². The minimum Gasteiger partial charge on any atom is -0.469 e. The minimum atomic E-state index is -0.230. The molecular formula is C15H21BrN4O3. The summed E-state index contributed by atoms with van der Waals surface area (Å²) in [6, 6.07) is 3.62. The van der Waals surface area contributed by atoms with Crippen molar-refractivity contribution in [3.8, 4) is 0 Å². The molecule has 7 nitrogen and oxygen atoms in total. The van der Waals surface area contributed by atoms with E-state index in [9.17, 15) is 9.59 Å². The number of nitrogens with zero attached hydrogens (tertiary/aromatic N) is 2. The van der Waals surface area contributed by atoms with Gasteiger partial charge in [-0.1, -0.05) is 15.9 Å². The molecule has 0 aliphatic carbocycles. The van der Waals surface area contributed by atoms with Crippen LogP contribution in [0.25, 0.3) is 0 Å². The number of pyridine rings is 1. The van der Waals surface area contributed by atoms with Crippen LogP contribution in [0.4, 0.5) is 5.82 Å². The van der Waals surface area contributed by atoms with Crippen LogP contribution in [0.3, 0.4) is 0 Å². The Morgan fingerprint density at radius 2 is 2.39 bits per heavy atom. The van der Waals surface area contributed by atoms with Crippen molar-refractivity contribution in [1.82, 2.24) is 15.2 Å². The molecule has 0 spiro atoms. The van der Waals surface area contributed by atoms with Crippen molar-refractivity contribution in [2.75, 3.05) is 38.6 Å². The molecule has 2 N–H and O–H groups in total. The highest BCUT2D eigenvalue weighted by molar-refractivity contribution is 9.10. The molecule has 1 fully saturated rings. The number of hydrogen-bond acceptors (Lipinski definition) is 6. The fraction of sp³-hybridized carbons (Fsp3) is 0.533. The molecule has 0 bridgehead atoms. The Morgan fingerprint density at radius 3 is 3.13 bits per heavy atom. The molecule has 1 unspecified atom stereocenters. The van der Waals surface area contributed by atoms with Crippen molar-refractivity contribution in [2.45, 2.75) is 18.9 Å².